The Kier molecular flexibility index (Phi) is 1.68. The zero-order chi connectivity index (χ0) is 7.78. The van der Waals surface area contributed by atoms with E-state index in [0.717, 1.165) is 0 Å². The molecule has 1 aliphatic heterocycles. The van der Waals surface area contributed by atoms with Crippen molar-refractivity contribution in [1.82, 2.24) is 4.72 Å². The Labute approximate surface area is 62.1 Å². The zero-order valence-electron chi connectivity index (χ0n) is 6.25. The Hall–Kier alpha value is -0.580. The van der Waals surface area contributed by atoms with Gasteiger partial charge in [-0.05, 0) is 0 Å². The molecule has 0 aliphatic carbocycles. The van der Waals surface area contributed by atoms with Crippen LogP contribution in [0.4, 0.5) is 0 Å². The van der Waals surface area contributed by atoms with E-state index in [0.29, 0.717) is 5.84 Å². The summed E-state index contributed by atoms with van der Waals surface area (Å²) < 4.78 is 16.8. The van der Waals surface area contributed by atoms with Gasteiger partial charge in [0.25, 0.3) is 0 Å². The van der Waals surface area contributed by atoms with Gasteiger partial charge >= 0.3 is 0 Å². The van der Waals surface area contributed by atoms with Crippen LogP contribution < -0.4 is 4.72 Å². The molecule has 5 heteroatoms. The molecule has 1 aliphatic rings. The summed E-state index contributed by atoms with van der Waals surface area (Å²) in [6.07, 6.45) is 0. The van der Waals surface area contributed by atoms with E-state index >= 15 is 0 Å². The third-order valence-electron chi connectivity index (χ3n) is 1.14. The van der Waals surface area contributed by atoms with Crippen LogP contribution in [0, 0.1) is 5.41 Å². The summed E-state index contributed by atoms with van der Waals surface area (Å²) in [5, 5.41) is 3.73. The van der Waals surface area contributed by atoms with Gasteiger partial charge in [-0.1, -0.05) is 25.2 Å². The monoisotopic (exact) mass is 161 g/mol. The van der Waals surface area contributed by atoms with E-state index < -0.39 is 10.8 Å². The Balaban J connectivity index is 2.76. The van der Waals surface area contributed by atoms with E-state index in [1.807, 2.05) is 20.8 Å². The molecule has 0 amide bonds. The van der Waals surface area contributed by atoms with Gasteiger partial charge in [0.05, 0.1) is 0 Å². The highest BCUT2D eigenvalue weighted by molar-refractivity contribution is 7.73. The number of thiol groups is 1. The maximum absolute atomic E-state index is 10.7. The van der Waals surface area contributed by atoms with Crippen molar-refractivity contribution in [3.63, 3.8) is 0 Å². The first-order valence-electron chi connectivity index (χ1n) is 3.03. The summed E-state index contributed by atoms with van der Waals surface area (Å²) in [6.45, 7) is 5.97. The van der Waals surface area contributed by atoms with Gasteiger partial charge in [-0.3, -0.25) is 4.72 Å². The van der Waals surface area contributed by atoms with Crippen molar-refractivity contribution in [2.75, 3.05) is 0 Å². The Morgan fingerprint density at radius 1 is 1.50 bits per heavy atom. The Morgan fingerprint density at radius 2 is 2.10 bits per heavy atom. The number of nitrogens with zero attached hydrogens (tertiary/aromatic N) is 2. The predicted molar refractivity (Wildman–Crippen MR) is 42.0 cm³/mol. The largest absolute Gasteiger partial charge is 0.285 e. The van der Waals surface area contributed by atoms with Crippen LogP contribution in [-0.4, -0.2) is 10.0 Å². The third-order valence-corrected chi connectivity index (χ3v) is 1.79. The van der Waals surface area contributed by atoms with Gasteiger partial charge < -0.3 is 0 Å². The van der Waals surface area contributed by atoms with Crippen LogP contribution in [0.15, 0.2) is 9.57 Å². The van der Waals surface area contributed by atoms with Crippen molar-refractivity contribution in [2.24, 2.45) is 15.0 Å². The lowest BCUT2D eigenvalue weighted by molar-refractivity contribution is 0.579. The van der Waals surface area contributed by atoms with E-state index in [1.54, 1.807) is 0 Å². The number of hydrogen-bond donors (Lipinski definition) is 2. The highest BCUT2D eigenvalue weighted by atomic mass is 32.2. The van der Waals surface area contributed by atoms with Gasteiger partial charge in [0.15, 0.2) is 0 Å². The van der Waals surface area contributed by atoms with Crippen molar-refractivity contribution in [3.8, 4) is 0 Å². The summed E-state index contributed by atoms with van der Waals surface area (Å²) >= 11 is 0. The number of hydrogen-bond acceptors (Lipinski definition) is 3. The van der Waals surface area contributed by atoms with Crippen LogP contribution in [-0.2, 0) is 10.8 Å². The molecule has 1 atom stereocenters. The number of amidine groups is 1. The molecule has 1 unspecified atom stereocenters. The van der Waals surface area contributed by atoms with Gasteiger partial charge in [0, 0.05) is 5.41 Å². The number of rotatable bonds is 0. The van der Waals surface area contributed by atoms with Crippen molar-refractivity contribution >= 4 is 16.6 Å². The van der Waals surface area contributed by atoms with Gasteiger partial charge in [0.1, 0.15) is 16.6 Å². The van der Waals surface area contributed by atoms with Crippen LogP contribution in [0.3, 0.4) is 0 Å². The van der Waals surface area contributed by atoms with E-state index in [9.17, 15) is 4.21 Å². The fourth-order valence-corrected chi connectivity index (χ4v) is 1.32. The maximum Gasteiger partial charge on any atom is 0.143 e. The second kappa shape index (κ2) is 2.23. The van der Waals surface area contributed by atoms with Gasteiger partial charge in [-0.2, -0.15) is 0 Å². The molecule has 0 spiro atoms. The maximum atomic E-state index is 10.7. The molecular weight excluding hydrogens is 150 g/mol. The lowest BCUT2D eigenvalue weighted by Gasteiger charge is -2.16. The fraction of sp³-hybridized carbons (Fsp3) is 0.800. The molecule has 0 radical (unpaired) electrons. The average molecular weight is 161 g/mol. The van der Waals surface area contributed by atoms with Gasteiger partial charge in [-0.25, -0.2) is 4.21 Å². The molecule has 58 valence electrons. The Morgan fingerprint density at radius 3 is 2.30 bits per heavy atom. The van der Waals surface area contributed by atoms with Crippen LogP contribution in [0.2, 0.25) is 0 Å². The van der Waals surface area contributed by atoms with E-state index in [1.165, 1.54) is 0 Å². The molecule has 0 aromatic heterocycles. The average Bonchev–Trinajstić information content (AvgIpc) is 2.11. The van der Waals surface area contributed by atoms with Crippen LogP contribution in [0.1, 0.15) is 20.8 Å². The molecule has 0 saturated carbocycles. The Bertz CT molecular complexity index is 244. The summed E-state index contributed by atoms with van der Waals surface area (Å²) in [5.74, 6) is 0.702. The molecular formula is C5H11N3OS. The first-order chi connectivity index (χ1) is 4.50. The normalized spacial score (nSPS) is 25.1. The second-order valence-corrected chi connectivity index (χ2v) is 4.12. The molecule has 0 bridgehead atoms. The van der Waals surface area contributed by atoms with Crippen molar-refractivity contribution in [3.05, 3.63) is 0 Å². The third kappa shape index (κ3) is 1.47. The van der Waals surface area contributed by atoms with E-state index in [2.05, 4.69) is 14.3 Å². The van der Waals surface area contributed by atoms with Crippen LogP contribution in [0.5, 0.6) is 0 Å². The number of nitrogens with one attached hydrogen (secondary N) is 1. The first kappa shape index (κ1) is 7.53. The van der Waals surface area contributed by atoms with Gasteiger partial charge in [-0.15, -0.1) is 5.10 Å². The molecule has 0 aromatic carbocycles. The van der Waals surface area contributed by atoms with E-state index in [4.69, 9.17) is 0 Å². The summed E-state index contributed by atoms with van der Waals surface area (Å²) in [7, 11) is -1.65. The zero-order valence-corrected chi connectivity index (χ0v) is 7.14. The highest BCUT2D eigenvalue weighted by Crippen LogP contribution is 2.16. The minimum atomic E-state index is -1.65. The van der Waals surface area contributed by atoms with Crippen LogP contribution >= 0.6 is 0 Å². The lowest BCUT2D eigenvalue weighted by Crippen LogP contribution is -2.30. The summed E-state index contributed by atoms with van der Waals surface area (Å²) in [5.41, 5.74) is -0.0784. The van der Waals surface area contributed by atoms with E-state index in [-0.39, 0.29) is 5.41 Å². The molecule has 0 fully saturated rings. The first-order valence-corrected chi connectivity index (χ1v) is 4.24. The molecule has 1 N–H and O–H groups in total. The van der Waals surface area contributed by atoms with Crippen molar-refractivity contribution in [2.45, 2.75) is 20.8 Å². The molecule has 10 heavy (non-hydrogen) atoms. The molecule has 0 saturated heterocycles. The smallest absolute Gasteiger partial charge is 0.143 e. The highest BCUT2D eigenvalue weighted by Gasteiger charge is 2.21. The summed E-state index contributed by atoms with van der Waals surface area (Å²) in [6, 6.07) is 0. The SMILES string of the molecule is CC(C)(C)C1=NN=[SH](=O)N1. The lowest BCUT2D eigenvalue weighted by atomic mass is 9.96. The molecule has 4 nitrogen and oxygen atoms in total. The van der Waals surface area contributed by atoms with Gasteiger partial charge in [0.2, 0.25) is 0 Å². The second-order valence-electron chi connectivity index (χ2n) is 3.17. The molecule has 1 heterocycles. The fourth-order valence-electron chi connectivity index (χ4n) is 0.538. The summed E-state index contributed by atoms with van der Waals surface area (Å²) in [4.78, 5) is 0. The minimum Gasteiger partial charge on any atom is -0.285 e. The quantitative estimate of drug-likeness (QED) is 0.500. The standard InChI is InChI=1S/C5H11N3OS/c1-5(2,3)4-6-8-10(9)7-4/h10H,1-3H3,(H,6,7,8,9). The topological polar surface area (TPSA) is 53.8 Å². The van der Waals surface area contributed by atoms with Crippen molar-refractivity contribution in [1.29, 1.82) is 0 Å². The molecule has 1 rings (SSSR count). The predicted octanol–water partition coefficient (Wildman–Crippen LogP) is 0.529. The van der Waals surface area contributed by atoms with Crippen LogP contribution in [0.25, 0.3) is 0 Å². The molecule has 0 aromatic rings. The minimum absolute atomic E-state index is 0.0784. The van der Waals surface area contributed by atoms with Crippen molar-refractivity contribution < 1.29 is 4.21 Å².